The Morgan fingerprint density at radius 2 is 2.00 bits per heavy atom. The average molecular weight is 312 g/mol. The van der Waals surface area contributed by atoms with Gasteiger partial charge in [0.25, 0.3) is 11.6 Å². The van der Waals surface area contributed by atoms with Crippen LogP contribution >= 0.6 is 11.6 Å². The Hall–Kier alpha value is -1.87. The molecule has 0 radical (unpaired) electrons. The van der Waals surface area contributed by atoms with Crippen LogP contribution in [0.5, 0.6) is 0 Å². The van der Waals surface area contributed by atoms with E-state index in [4.69, 9.17) is 17.3 Å². The third-order valence-corrected chi connectivity index (χ3v) is 2.77. The first-order chi connectivity index (χ1) is 8.96. The van der Waals surface area contributed by atoms with Crippen LogP contribution in [0.25, 0.3) is 0 Å². The molecular weight excluding hydrogens is 303 g/mol. The topological polar surface area (TPSA) is 98.3 Å². The molecule has 1 aromatic rings. The van der Waals surface area contributed by atoms with Gasteiger partial charge >= 0.3 is 6.18 Å². The summed E-state index contributed by atoms with van der Waals surface area (Å²) in [5, 5.41) is 12.1. The number of nitro groups is 1. The third-order valence-electron chi connectivity index (χ3n) is 2.46. The SMILES string of the molecule is CC(N)(C(=O)Nc1ccc([N+](=O)[O-])c(Cl)c1)C(F)(F)F. The molecular formula is C10H9ClF3N3O3. The fourth-order valence-corrected chi connectivity index (χ4v) is 1.37. The third kappa shape index (κ3) is 3.17. The number of carbonyl (C=O) groups excluding carboxylic acids is 1. The summed E-state index contributed by atoms with van der Waals surface area (Å²) in [6, 6.07) is 2.97. The smallest absolute Gasteiger partial charge is 0.324 e. The van der Waals surface area contributed by atoms with Crippen molar-refractivity contribution in [2.75, 3.05) is 5.32 Å². The molecule has 0 aromatic heterocycles. The molecule has 0 fully saturated rings. The Kier molecular flexibility index (Phi) is 4.25. The second-order valence-electron chi connectivity index (χ2n) is 4.08. The number of rotatable bonds is 3. The van der Waals surface area contributed by atoms with E-state index >= 15 is 0 Å². The summed E-state index contributed by atoms with van der Waals surface area (Å²) in [5.74, 6) is -1.50. The number of benzene rings is 1. The first-order valence-electron chi connectivity index (χ1n) is 5.08. The Morgan fingerprint density at radius 3 is 2.40 bits per heavy atom. The molecule has 6 nitrogen and oxygen atoms in total. The number of carbonyl (C=O) groups is 1. The number of hydrogen-bond donors (Lipinski definition) is 2. The highest BCUT2D eigenvalue weighted by Crippen LogP contribution is 2.31. The highest BCUT2D eigenvalue weighted by Gasteiger charge is 2.54. The zero-order valence-electron chi connectivity index (χ0n) is 9.99. The molecule has 10 heteroatoms. The minimum atomic E-state index is -4.94. The number of nitro benzene ring substituents is 1. The predicted octanol–water partition coefficient (Wildman–Crippen LogP) is 2.47. The van der Waals surface area contributed by atoms with Crippen LogP contribution in [0.15, 0.2) is 18.2 Å². The van der Waals surface area contributed by atoms with Crippen molar-refractivity contribution in [1.29, 1.82) is 0 Å². The number of nitrogens with two attached hydrogens (primary N) is 1. The first-order valence-corrected chi connectivity index (χ1v) is 5.45. The zero-order valence-corrected chi connectivity index (χ0v) is 10.7. The summed E-state index contributed by atoms with van der Waals surface area (Å²) in [4.78, 5) is 21.2. The number of amides is 1. The molecule has 1 unspecified atom stereocenters. The molecule has 1 atom stereocenters. The maximum atomic E-state index is 12.5. The van der Waals surface area contributed by atoms with Gasteiger partial charge in [0.15, 0.2) is 5.54 Å². The largest absolute Gasteiger partial charge is 0.415 e. The lowest BCUT2D eigenvalue weighted by atomic mass is 10.0. The van der Waals surface area contributed by atoms with Crippen LogP contribution in [-0.4, -0.2) is 22.5 Å². The summed E-state index contributed by atoms with van der Waals surface area (Å²) in [7, 11) is 0. The van der Waals surface area contributed by atoms with Gasteiger partial charge in [-0.1, -0.05) is 11.6 Å². The second-order valence-corrected chi connectivity index (χ2v) is 4.48. The van der Waals surface area contributed by atoms with Gasteiger partial charge in [0.05, 0.1) is 4.92 Å². The molecule has 0 aliphatic rings. The van der Waals surface area contributed by atoms with Gasteiger partial charge in [-0.05, 0) is 19.1 Å². The van der Waals surface area contributed by atoms with Gasteiger partial charge in [0, 0.05) is 11.8 Å². The molecule has 0 heterocycles. The highest BCUT2D eigenvalue weighted by molar-refractivity contribution is 6.33. The van der Waals surface area contributed by atoms with E-state index in [1.807, 2.05) is 5.32 Å². The van der Waals surface area contributed by atoms with E-state index in [-0.39, 0.29) is 10.7 Å². The Bertz CT molecular complexity index is 560. The van der Waals surface area contributed by atoms with E-state index in [1.165, 1.54) is 0 Å². The van der Waals surface area contributed by atoms with Crippen molar-refractivity contribution in [2.24, 2.45) is 5.73 Å². The van der Waals surface area contributed by atoms with Crippen LogP contribution in [0.2, 0.25) is 5.02 Å². The van der Waals surface area contributed by atoms with Crippen molar-refractivity contribution < 1.29 is 22.9 Å². The van der Waals surface area contributed by atoms with Crippen LogP contribution in [-0.2, 0) is 4.79 Å². The Balaban J connectivity index is 2.98. The van der Waals surface area contributed by atoms with Crippen molar-refractivity contribution >= 4 is 28.9 Å². The molecule has 1 amide bonds. The lowest BCUT2D eigenvalue weighted by molar-refractivity contribution is -0.384. The van der Waals surface area contributed by atoms with Gasteiger partial charge in [0.2, 0.25) is 0 Å². The molecule has 0 bridgehead atoms. The highest BCUT2D eigenvalue weighted by atomic mass is 35.5. The lowest BCUT2D eigenvalue weighted by Crippen LogP contribution is -2.59. The predicted molar refractivity (Wildman–Crippen MR) is 65.4 cm³/mol. The zero-order chi connectivity index (χ0) is 15.7. The number of hydrogen-bond acceptors (Lipinski definition) is 4. The first kappa shape index (κ1) is 16.2. The van der Waals surface area contributed by atoms with Gasteiger partial charge in [-0.3, -0.25) is 14.9 Å². The standard InChI is InChI=1S/C10H9ClF3N3O3/c1-9(15,10(12,13)14)8(18)16-5-2-3-7(17(19)20)6(11)4-5/h2-4H,15H2,1H3,(H,16,18). The van der Waals surface area contributed by atoms with Gasteiger partial charge in [0.1, 0.15) is 5.02 Å². The van der Waals surface area contributed by atoms with Crippen molar-refractivity contribution in [2.45, 2.75) is 18.6 Å². The van der Waals surface area contributed by atoms with Gasteiger partial charge in [-0.15, -0.1) is 0 Å². The van der Waals surface area contributed by atoms with Crippen molar-refractivity contribution in [3.63, 3.8) is 0 Å². The van der Waals surface area contributed by atoms with E-state index in [0.717, 1.165) is 18.2 Å². The normalized spacial score (nSPS) is 14.5. The van der Waals surface area contributed by atoms with Gasteiger partial charge in [-0.2, -0.15) is 13.2 Å². The summed E-state index contributed by atoms with van der Waals surface area (Å²) >= 11 is 5.57. The van der Waals surface area contributed by atoms with Gasteiger partial charge < -0.3 is 11.1 Å². The van der Waals surface area contributed by atoms with E-state index in [2.05, 4.69) is 0 Å². The number of nitrogens with zero attached hydrogens (tertiary/aromatic N) is 1. The average Bonchev–Trinajstić information content (AvgIpc) is 2.26. The van der Waals surface area contributed by atoms with E-state index < -0.39 is 28.2 Å². The summed E-state index contributed by atoms with van der Waals surface area (Å²) in [6.07, 6.45) is -4.94. The molecule has 0 aliphatic heterocycles. The monoisotopic (exact) mass is 311 g/mol. The minimum absolute atomic E-state index is 0.133. The molecule has 1 rings (SSSR count). The van der Waals surface area contributed by atoms with Crippen LogP contribution in [0.4, 0.5) is 24.5 Å². The van der Waals surface area contributed by atoms with Crippen molar-refractivity contribution in [3.05, 3.63) is 33.3 Å². The maximum absolute atomic E-state index is 12.5. The summed E-state index contributed by atoms with van der Waals surface area (Å²) in [6.45, 7) is 0.509. The fourth-order valence-electron chi connectivity index (χ4n) is 1.12. The van der Waals surface area contributed by atoms with Crippen molar-refractivity contribution in [1.82, 2.24) is 0 Å². The van der Waals surface area contributed by atoms with Crippen LogP contribution in [0.1, 0.15) is 6.92 Å². The quantitative estimate of drug-likeness (QED) is 0.661. The molecule has 0 aliphatic carbocycles. The molecule has 0 spiro atoms. The molecule has 20 heavy (non-hydrogen) atoms. The number of anilines is 1. The number of nitrogens with one attached hydrogen (secondary N) is 1. The fraction of sp³-hybridized carbons (Fsp3) is 0.300. The van der Waals surface area contributed by atoms with Crippen LogP contribution < -0.4 is 11.1 Å². The van der Waals surface area contributed by atoms with E-state index in [1.54, 1.807) is 0 Å². The lowest BCUT2D eigenvalue weighted by Gasteiger charge is -2.26. The summed E-state index contributed by atoms with van der Waals surface area (Å²) in [5.41, 5.74) is 1.26. The minimum Gasteiger partial charge on any atom is -0.324 e. The van der Waals surface area contributed by atoms with Gasteiger partial charge in [-0.25, -0.2) is 0 Å². The maximum Gasteiger partial charge on any atom is 0.415 e. The van der Waals surface area contributed by atoms with E-state index in [9.17, 15) is 28.1 Å². The van der Waals surface area contributed by atoms with E-state index in [0.29, 0.717) is 6.92 Å². The molecule has 3 N–H and O–H groups in total. The molecule has 1 aromatic carbocycles. The van der Waals surface area contributed by atoms with Crippen LogP contribution in [0.3, 0.4) is 0 Å². The van der Waals surface area contributed by atoms with Crippen molar-refractivity contribution in [3.8, 4) is 0 Å². The number of alkyl halides is 3. The summed E-state index contributed by atoms with van der Waals surface area (Å²) < 4.78 is 37.6. The Labute approximate surface area is 115 Å². The van der Waals surface area contributed by atoms with Crippen LogP contribution in [0, 0.1) is 10.1 Å². The molecule has 0 saturated heterocycles. The Morgan fingerprint density at radius 1 is 1.45 bits per heavy atom. The number of halogens is 4. The molecule has 110 valence electrons. The molecule has 0 saturated carbocycles. The second kappa shape index (κ2) is 5.25.